The Hall–Kier alpha value is -1.83. The molecule has 2 aliphatic rings. The van der Waals surface area contributed by atoms with E-state index in [4.69, 9.17) is 4.42 Å². The van der Waals surface area contributed by atoms with Gasteiger partial charge >= 0.3 is 0 Å². The van der Waals surface area contributed by atoms with Crippen LogP contribution in [0.25, 0.3) is 0 Å². The van der Waals surface area contributed by atoms with Gasteiger partial charge in [-0.05, 0) is 61.7 Å². The van der Waals surface area contributed by atoms with Crippen molar-refractivity contribution in [3.05, 3.63) is 22.6 Å². The van der Waals surface area contributed by atoms with Crippen LogP contribution in [0.3, 0.4) is 0 Å². The van der Waals surface area contributed by atoms with E-state index in [1.54, 1.807) is 17.0 Å². The fourth-order valence-electron chi connectivity index (χ4n) is 3.72. The van der Waals surface area contributed by atoms with Gasteiger partial charge in [-0.25, -0.2) is 0 Å². The van der Waals surface area contributed by atoms with Gasteiger partial charge in [0.25, 0.3) is 5.91 Å². The summed E-state index contributed by atoms with van der Waals surface area (Å²) in [5.74, 6) is -0.134. The Labute approximate surface area is 167 Å². The van der Waals surface area contributed by atoms with E-state index in [-0.39, 0.29) is 41.0 Å². The quantitative estimate of drug-likeness (QED) is 0.783. The second-order valence-electron chi connectivity index (χ2n) is 8.25. The molecule has 0 bridgehead atoms. The maximum absolute atomic E-state index is 12.8. The van der Waals surface area contributed by atoms with Crippen LogP contribution in [0.2, 0.25) is 0 Å². The third-order valence-corrected chi connectivity index (χ3v) is 5.65. The molecule has 3 amide bonds. The van der Waals surface area contributed by atoms with Crippen LogP contribution in [0.15, 0.2) is 21.2 Å². The van der Waals surface area contributed by atoms with Crippen LogP contribution in [0.5, 0.6) is 0 Å². The topological polar surface area (TPSA) is 82.9 Å². The number of furan rings is 1. The number of hydrogen-bond donors (Lipinski definition) is 1. The molecule has 1 N–H and O–H groups in total. The van der Waals surface area contributed by atoms with Crippen molar-refractivity contribution in [3.8, 4) is 0 Å². The zero-order chi connectivity index (χ0) is 19.8. The van der Waals surface area contributed by atoms with Gasteiger partial charge in [0.05, 0.1) is 5.92 Å². The number of likely N-dealkylation sites (tertiary alicyclic amines) is 2. The monoisotopic (exact) mass is 439 g/mol. The lowest BCUT2D eigenvalue weighted by Gasteiger charge is -2.35. The Morgan fingerprint density at radius 3 is 2.41 bits per heavy atom. The fraction of sp³-hybridized carbons (Fsp3) is 0.632. The molecule has 0 aliphatic carbocycles. The van der Waals surface area contributed by atoms with Gasteiger partial charge in [0, 0.05) is 37.6 Å². The lowest BCUT2D eigenvalue weighted by Crippen LogP contribution is -2.48. The van der Waals surface area contributed by atoms with Crippen molar-refractivity contribution >= 4 is 33.7 Å². The number of hydrogen-bond acceptors (Lipinski definition) is 4. The predicted molar refractivity (Wildman–Crippen MR) is 103 cm³/mol. The summed E-state index contributed by atoms with van der Waals surface area (Å²) in [6, 6.07) is 3.32. The molecule has 7 nitrogen and oxygen atoms in total. The number of piperidine rings is 1. The normalized spacial score (nSPS) is 21.6. The lowest BCUT2D eigenvalue weighted by atomic mass is 10.0. The first-order valence-electron chi connectivity index (χ1n) is 9.30. The van der Waals surface area contributed by atoms with Gasteiger partial charge in [-0.1, -0.05) is 0 Å². The highest BCUT2D eigenvalue weighted by molar-refractivity contribution is 9.10. The number of carbonyl (C=O) groups is 3. The first-order valence-corrected chi connectivity index (χ1v) is 10.1. The molecule has 148 valence electrons. The van der Waals surface area contributed by atoms with Gasteiger partial charge in [-0.3, -0.25) is 14.4 Å². The maximum Gasteiger partial charge on any atom is 0.287 e. The van der Waals surface area contributed by atoms with Crippen LogP contribution in [-0.4, -0.2) is 58.7 Å². The second-order valence-corrected chi connectivity index (χ2v) is 9.03. The average Bonchev–Trinajstić information content (AvgIpc) is 3.20. The summed E-state index contributed by atoms with van der Waals surface area (Å²) < 4.78 is 5.78. The van der Waals surface area contributed by atoms with Crippen molar-refractivity contribution in [1.29, 1.82) is 0 Å². The minimum atomic E-state index is -0.261. The van der Waals surface area contributed by atoms with E-state index < -0.39 is 0 Å². The highest BCUT2D eigenvalue weighted by Gasteiger charge is 2.41. The molecule has 3 heterocycles. The van der Waals surface area contributed by atoms with E-state index in [0.717, 1.165) is 0 Å². The highest BCUT2D eigenvalue weighted by Crippen LogP contribution is 2.28. The molecule has 1 aromatic rings. The van der Waals surface area contributed by atoms with Crippen LogP contribution in [-0.2, 0) is 9.59 Å². The number of rotatable bonds is 3. The van der Waals surface area contributed by atoms with Crippen LogP contribution in [0.4, 0.5) is 0 Å². The van der Waals surface area contributed by atoms with Crippen molar-refractivity contribution < 1.29 is 18.8 Å². The SMILES string of the molecule is CC(C)(C)N1CC(C(=O)N2CCC(NC(=O)c3ccc(Br)o3)CC2)CC1=O. The number of nitrogens with one attached hydrogen (secondary N) is 1. The minimum Gasteiger partial charge on any atom is -0.444 e. The van der Waals surface area contributed by atoms with E-state index in [1.807, 2.05) is 25.7 Å². The van der Waals surface area contributed by atoms with Gasteiger partial charge in [0.15, 0.2) is 10.4 Å². The molecule has 3 rings (SSSR count). The summed E-state index contributed by atoms with van der Waals surface area (Å²) in [5, 5.41) is 2.96. The van der Waals surface area contributed by atoms with Crippen LogP contribution in [0, 0.1) is 5.92 Å². The minimum absolute atomic E-state index is 0.0155. The number of halogens is 1. The molecular weight excluding hydrogens is 414 g/mol. The highest BCUT2D eigenvalue weighted by atomic mass is 79.9. The van der Waals surface area contributed by atoms with E-state index in [1.165, 1.54) is 0 Å². The Bertz CT molecular complexity index is 732. The summed E-state index contributed by atoms with van der Waals surface area (Å²) in [7, 11) is 0. The van der Waals surface area contributed by atoms with Gasteiger partial charge in [0.1, 0.15) is 0 Å². The predicted octanol–water partition coefficient (Wildman–Crippen LogP) is 2.41. The molecule has 0 saturated carbocycles. The molecule has 1 aromatic heterocycles. The Balaban J connectivity index is 1.50. The Morgan fingerprint density at radius 2 is 1.89 bits per heavy atom. The zero-order valence-corrected chi connectivity index (χ0v) is 17.5. The second kappa shape index (κ2) is 7.66. The molecule has 0 spiro atoms. The van der Waals surface area contributed by atoms with Gasteiger partial charge in [-0.15, -0.1) is 0 Å². The molecule has 2 aliphatic heterocycles. The third-order valence-electron chi connectivity index (χ3n) is 5.22. The third kappa shape index (κ3) is 4.54. The van der Waals surface area contributed by atoms with E-state index >= 15 is 0 Å². The van der Waals surface area contributed by atoms with Crippen LogP contribution in [0.1, 0.15) is 50.6 Å². The van der Waals surface area contributed by atoms with E-state index in [0.29, 0.717) is 43.6 Å². The van der Waals surface area contributed by atoms with E-state index in [2.05, 4.69) is 21.2 Å². The molecule has 2 fully saturated rings. The molecule has 1 atom stereocenters. The molecule has 27 heavy (non-hydrogen) atoms. The van der Waals surface area contributed by atoms with Crippen molar-refractivity contribution in [3.63, 3.8) is 0 Å². The van der Waals surface area contributed by atoms with Gasteiger partial charge in [-0.2, -0.15) is 0 Å². The maximum atomic E-state index is 12.8. The first kappa shape index (κ1) is 19.9. The van der Waals surface area contributed by atoms with Gasteiger partial charge in [0.2, 0.25) is 11.8 Å². The Kier molecular flexibility index (Phi) is 5.65. The summed E-state index contributed by atoms with van der Waals surface area (Å²) >= 11 is 3.18. The van der Waals surface area contributed by atoms with Crippen molar-refractivity contribution in [2.75, 3.05) is 19.6 Å². The summed E-state index contributed by atoms with van der Waals surface area (Å²) in [6.45, 7) is 7.64. The molecule has 2 saturated heterocycles. The molecule has 0 aromatic carbocycles. The van der Waals surface area contributed by atoms with Crippen molar-refractivity contribution in [1.82, 2.24) is 15.1 Å². The summed E-state index contributed by atoms with van der Waals surface area (Å²) in [4.78, 5) is 40.8. The Morgan fingerprint density at radius 1 is 1.22 bits per heavy atom. The average molecular weight is 440 g/mol. The standard InChI is InChI=1S/C19H26BrN3O4/c1-19(2,3)23-11-12(10-16(23)24)18(26)22-8-6-13(7-9-22)21-17(25)14-4-5-15(20)27-14/h4-5,12-13H,6-11H2,1-3H3,(H,21,25). The number of nitrogens with zero attached hydrogens (tertiary/aromatic N) is 2. The summed E-state index contributed by atoms with van der Waals surface area (Å²) in [5.41, 5.74) is -0.260. The number of carbonyl (C=O) groups excluding carboxylic acids is 3. The van der Waals surface area contributed by atoms with Crippen molar-refractivity contribution in [2.24, 2.45) is 5.92 Å². The van der Waals surface area contributed by atoms with Gasteiger partial charge < -0.3 is 19.5 Å². The largest absolute Gasteiger partial charge is 0.444 e. The van der Waals surface area contributed by atoms with E-state index in [9.17, 15) is 14.4 Å². The molecular formula is C19H26BrN3O4. The molecule has 0 radical (unpaired) electrons. The lowest BCUT2D eigenvalue weighted by molar-refractivity contribution is -0.136. The smallest absolute Gasteiger partial charge is 0.287 e. The molecule has 1 unspecified atom stereocenters. The fourth-order valence-corrected chi connectivity index (χ4v) is 4.02. The van der Waals surface area contributed by atoms with Crippen LogP contribution >= 0.6 is 15.9 Å². The van der Waals surface area contributed by atoms with Crippen molar-refractivity contribution in [2.45, 2.75) is 51.6 Å². The zero-order valence-electron chi connectivity index (χ0n) is 16.0. The number of amides is 3. The molecule has 8 heteroatoms. The summed E-state index contributed by atoms with van der Waals surface area (Å²) in [6.07, 6.45) is 1.69. The van der Waals surface area contributed by atoms with Crippen LogP contribution < -0.4 is 5.32 Å². The first-order chi connectivity index (χ1) is 12.6.